The predicted octanol–water partition coefficient (Wildman–Crippen LogP) is 13.0. The Balaban J connectivity index is 1.42. The Labute approximate surface area is 288 Å². The molecule has 0 saturated heterocycles. The summed E-state index contributed by atoms with van der Waals surface area (Å²) in [5.41, 5.74) is 4.62. The predicted molar refractivity (Wildman–Crippen MR) is 204 cm³/mol. The van der Waals surface area contributed by atoms with Gasteiger partial charge in [0.15, 0.2) is 0 Å². The molecule has 0 aromatic heterocycles. The standard InChI is InChI=1S/C46H54O2/c1-29(2)39-21-15-31(5)23-43(39)47-45-27-42(38-20-18-34-12-8-10-14-36(34)26-38)46(48-44-24-32(6)16-22-40(44)30(3)4)28-41(45)37-19-17-33-11-7-9-13-35(33)25-37/h7-14,17-20,25-32,39-40,43-44H,15-16,21-24H2,1-6H3/t31-,32-,39+,40+,43-,44-/m1/s1. The molecule has 7 rings (SSSR count). The first kappa shape index (κ1) is 32.8. The molecule has 2 heteroatoms. The average molecular weight is 639 g/mol. The van der Waals surface area contributed by atoms with E-state index in [0.29, 0.717) is 35.5 Å². The summed E-state index contributed by atoms with van der Waals surface area (Å²) in [6.07, 6.45) is 7.59. The van der Waals surface area contributed by atoms with E-state index in [1.54, 1.807) is 0 Å². The maximum absolute atomic E-state index is 7.31. The van der Waals surface area contributed by atoms with E-state index in [2.05, 4.69) is 139 Å². The van der Waals surface area contributed by atoms with Crippen molar-refractivity contribution < 1.29 is 9.47 Å². The third kappa shape index (κ3) is 6.87. The molecule has 2 nitrogen and oxygen atoms in total. The molecule has 0 aliphatic heterocycles. The van der Waals surface area contributed by atoms with Gasteiger partial charge >= 0.3 is 0 Å². The van der Waals surface area contributed by atoms with Gasteiger partial charge in [-0.2, -0.15) is 0 Å². The van der Waals surface area contributed by atoms with Gasteiger partial charge in [-0.1, -0.05) is 127 Å². The fourth-order valence-electron chi connectivity index (χ4n) is 8.75. The third-order valence-corrected chi connectivity index (χ3v) is 11.7. The molecule has 0 unspecified atom stereocenters. The van der Waals surface area contributed by atoms with Crippen molar-refractivity contribution in [1.82, 2.24) is 0 Å². The maximum atomic E-state index is 7.31. The topological polar surface area (TPSA) is 18.5 Å². The quantitative estimate of drug-likeness (QED) is 0.168. The van der Waals surface area contributed by atoms with E-state index >= 15 is 0 Å². The van der Waals surface area contributed by atoms with Gasteiger partial charge in [0, 0.05) is 11.1 Å². The molecule has 5 aromatic carbocycles. The maximum Gasteiger partial charge on any atom is 0.128 e. The van der Waals surface area contributed by atoms with E-state index in [4.69, 9.17) is 9.47 Å². The van der Waals surface area contributed by atoms with Gasteiger partial charge in [0.25, 0.3) is 0 Å². The van der Waals surface area contributed by atoms with Gasteiger partial charge in [-0.3, -0.25) is 0 Å². The van der Waals surface area contributed by atoms with E-state index in [1.807, 2.05) is 0 Å². The smallest absolute Gasteiger partial charge is 0.128 e. The van der Waals surface area contributed by atoms with Gasteiger partial charge in [0.1, 0.15) is 23.7 Å². The summed E-state index contributed by atoms with van der Waals surface area (Å²) >= 11 is 0. The fourth-order valence-corrected chi connectivity index (χ4v) is 8.75. The molecule has 0 heterocycles. The van der Waals surface area contributed by atoms with Crippen molar-refractivity contribution in [3.63, 3.8) is 0 Å². The lowest BCUT2D eigenvalue weighted by Crippen LogP contribution is -2.37. The Morgan fingerprint density at radius 3 is 1.27 bits per heavy atom. The first-order valence-corrected chi connectivity index (χ1v) is 18.7. The van der Waals surface area contributed by atoms with Gasteiger partial charge < -0.3 is 9.47 Å². The molecule has 0 N–H and O–H groups in total. The average Bonchev–Trinajstić information content (AvgIpc) is 3.08. The second-order valence-electron chi connectivity index (χ2n) is 15.9. The Bertz CT molecular complexity index is 1730. The van der Waals surface area contributed by atoms with Gasteiger partial charge in [-0.25, -0.2) is 0 Å². The largest absolute Gasteiger partial charge is 0.489 e. The van der Waals surface area contributed by atoms with E-state index in [-0.39, 0.29) is 12.2 Å². The van der Waals surface area contributed by atoms with Crippen LogP contribution in [0.2, 0.25) is 0 Å². The van der Waals surface area contributed by atoms with Crippen molar-refractivity contribution in [2.75, 3.05) is 0 Å². The van der Waals surface area contributed by atoms with E-state index in [0.717, 1.165) is 35.5 Å². The summed E-state index contributed by atoms with van der Waals surface area (Å²) < 4.78 is 14.6. The zero-order valence-electron chi connectivity index (χ0n) is 29.9. The zero-order valence-corrected chi connectivity index (χ0v) is 29.9. The second kappa shape index (κ2) is 14.0. The van der Waals surface area contributed by atoms with Gasteiger partial charge in [-0.15, -0.1) is 0 Å². The highest BCUT2D eigenvalue weighted by Gasteiger charge is 2.35. The van der Waals surface area contributed by atoms with Crippen LogP contribution in [-0.4, -0.2) is 12.2 Å². The molecule has 2 fully saturated rings. The van der Waals surface area contributed by atoms with Crippen molar-refractivity contribution >= 4 is 21.5 Å². The minimum absolute atomic E-state index is 0.189. The Hall–Kier alpha value is -3.78. The molecule has 2 aliphatic rings. The zero-order chi connectivity index (χ0) is 33.4. The minimum Gasteiger partial charge on any atom is -0.489 e. The number of hydrogen-bond donors (Lipinski definition) is 0. The Morgan fingerprint density at radius 2 is 0.875 bits per heavy atom. The van der Waals surface area contributed by atoms with E-state index in [9.17, 15) is 0 Å². The van der Waals surface area contributed by atoms with Gasteiger partial charge in [0.05, 0.1) is 0 Å². The number of ether oxygens (including phenoxy) is 2. The highest BCUT2D eigenvalue weighted by atomic mass is 16.5. The molecule has 2 saturated carbocycles. The lowest BCUT2D eigenvalue weighted by molar-refractivity contribution is 0.0439. The molecule has 0 bridgehead atoms. The monoisotopic (exact) mass is 638 g/mol. The van der Waals surface area contributed by atoms with Crippen molar-refractivity contribution in [3.05, 3.63) is 97.1 Å². The van der Waals surface area contributed by atoms with Crippen molar-refractivity contribution in [1.29, 1.82) is 0 Å². The van der Waals surface area contributed by atoms with Gasteiger partial charge in [-0.05, 0) is 118 Å². The van der Waals surface area contributed by atoms with Crippen LogP contribution < -0.4 is 9.47 Å². The molecule has 48 heavy (non-hydrogen) atoms. The van der Waals surface area contributed by atoms with Crippen LogP contribution in [0.5, 0.6) is 11.5 Å². The van der Waals surface area contributed by atoms with Crippen LogP contribution >= 0.6 is 0 Å². The molecule has 250 valence electrons. The molecule has 5 aromatic rings. The van der Waals surface area contributed by atoms with E-state index in [1.165, 1.54) is 58.4 Å². The molecular weight excluding hydrogens is 585 g/mol. The van der Waals surface area contributed by atoms with Crippen molar-refractivity contribution in [2.24, 2.45) is 35.5 Å². The SMILES string of the molecule is CC(C)[C@@H]1CC[C@@H](C)C[C@H]1Oc1cc(-c2ccc3ccccc3c2)c(O[C@@H]2C[C@H](C)CC[C@H]2C(C)C)cc1-c1ccc2ccccc2c1. The summed E-state index contributed by atoms with van der Waals surface area (Å²) in [5.74, 6) is 5.52. The summed E-state index contributed by atoms with van der Waals surface area (Å²) in [6.45, 7) is 14.3. The third-order valence-electron chi connectivity index (χ3n) is 11.7. The highest BCUT2D eigenvalue weighted by Crippen LogP contribution is 2.46. The first-order chi connectivity index (χ1) is 23.2. The van der Waals surface area contributed by atoms with Gasteiger partial charge in [0.2, 0.25) is 0 Å². The van der Waals surface area contributed by atoms with Crippen LogP contribution in [0.15, 0.2) is 97.1 Å². The minimum atomic E-state index is 0.189. The number of hydrogen-bond acceptors (Lipinski definition) is 2. The number of rotatable bonds is 8. The summed E-state index contributed by atoms with van der Waals surface area (Å²) in [4.78, 5) is 0. The molecule has 0 amide bonds. The fraction of sp³-hybridized carbons (Fsp3) is 0.435. The van der Waals surface area contributed by atoms with Crippen LogP contribution in [0.4, 0.5) is 0 Å². The summed E-state index contributed by atoms with van der Waals surface area (Å²) in [5, 5.41) is 5.00. The summed E-state index contributed by atoms with van der Waals surface area (Å²) in [7, 11) is 0. The van der Waals surface area contributed by atoms with Crippen LogP contribution in [0.1, 0.15) is 80.1 Å². The highest BCUT2D eigenvalue weighted by molar-refractivity contribution is 5.92. The molecule has 2 aliphatic carbocycles. The normalized spacial score (nSPS) is 24.8. The number of fused-ring (bicyclic) bond motifs is 2. The molecule has 6 atom stereocenters. The Morgan fingerprint density at radius 1 is 0.479 bits per heavy atom. The Kier molecular flexibility index (Phi) is 9.54. The van der Waals surface area contributed by atoms with E-state index < -0.39 is 0 Å². The van der Waals surface area contributed by atoms with Crippen molar-refractivity contribution in [2.45, 2.75) is 92.3 Å². The molecule has 0 radical (unpaired) electrons. The summed E-state index contributed by atoms with van der Waals surface area (Å²) in [6, 6.07) is 35.7. The van der Waals surface area contributed by atoms with Crippen molar-refractivity contribution in [3.8, 4) is 33.8 Å². The molecule has 0 spiro atoms. The molecular formula is C46H54O2. The van der Waals surface area contributed by atoms with Crippen LogP contribution in [0, 0.1) is 35.5 Å². The lowest BCUT2D eigenvalue weighted by atomic mass is 9.75. The van der Waals surface area contributed by atoms with Crippen LogP contribution in [0.25, 0.3) is 43.8 Å². The first-order valence-electron chi connectivity index (χ1n) is 18.7. The second-order valence-corrected chi connectivity index (χ2v) is 15.9. The van der Waals surface area contributed by atoms with Crippen LogP contribution in [-0.2, 0) is 0 Å². The lowest BCUT2D eigenvalue weighted by Gasteiger charge is -2.39. The number of benzene rings is 5. The van der Waals surface area contributed by atoms with Crippen LogP contribution in [0.3, 0.4) is 0 Å².